The largest absolute Gasteiger partial charge is 0.379 e. The Morgan fingerprint density at radius 1 is 1.09 bits per heavy atom. The number of unbranched alkanes of at least 4 members (excludes halogenated alkanes) is 1. The van der Waals surface area contributed by atoms with Gasteiger partial charge in [0.2, 0.25) is 0 Å². The lowest BCUT2D eigenvalue weighted by Crippen LogP contribution is -2.50. The molecule has 7 nitrogen and oxygen atoms in total. The Morgan fingerprint density at radius 3 is 2.62 bits per heavy atom. The number of halogens is 1. The van der Waals surface area contributed by atoms with Gasteiger partial charge in [-0.25, -0.2) is 5.43 Å². The molecule has 2 N–H and O–H groups in total. The van der Waals surface area contributed by atoms with Crippen molar-refractivity contribution in [2.24, 2.45) is 5.10 Å². The van der Waals surface area contributed by atoms with E-state index in [2.05, 4.69) is 20.7 Å². The molecule has 0 aromatic heterocycles. The van der Waals surface area contributed by atoms with E-state index in [0.717, 1.165) is 18.4 Å². The van der Waals surface area contributed by atoms with Crippen LogP contribution in [0.2, 0.25) is 5.02 Å². The zero-order chi connectivity index (χ0) is 22.6. The zero-order valence-electron chi connectivity index (χ0n) is 18.0. The van der Waals surface area contributed by atoms with Crippen LogP contribution < -0.4 is 10.7 Å². The van der Waals surface area contributed by atoms with E-state index < -0.39 is 0 Å². The van der Waals surface area contributed by atoms with Crippen molar-refractivity contribution >= 4 is 29.6 Å². The molecule has 2 amide bonds. The number of carbonyl (C=O) groups excluding carboxylic acids is 2. The minimum absolute atomic E-state index is 0.0802. The molecule has 0 spiro atoms. The molecule has 1 atom stereocenters. The molecule has 8 heteroatoms. The summed E-state index contributed by atoms with van der Waals surface area (Å²) in [5, 5.41) is 7.65. The van der Waals surface area contributed by atoms with Crippen LogP contribution in [0.4, 0.5) is 0 Å². The summed E-state index contributed by atoms with van der Waals surface area (Å²) in [4.78, 5) is 27.1. The van der Waals surface area contributed by atoms with Crippen LogP contribution in [0.25, 0.3) is 0 Å². The first-order valence-corrected chi connectivity index (χ1v) is 11.2. The van der Waals surface area contributed by atoms with Crippen molar-refractivity contribution in [2.75, 3.05) is 32.8 Å². The fraction of sp³-hybridized carbons (Fsp3) is 0.375. The highest BCUT2D eigenvalue weighted by atomic mass is 35.5. The van der Waals surface area contributed by atoms with Gasteiger partial charge >= 0.3 is 0 Å². The summed E-state index contributed by atoms with van der Waals surface area (Å²) in [5.41, 5.74) is 4.13. The van der Waals surface area contributed by atoms with Crippen LogP contribution in [0.15, 0.2) is 59.7 Å². The van der Waals surface area contributed by atoms with Crippen molar-refractivity contribution in [3.63, 3.8) is 0 Å². The van der Waals surface area contributed by atoms with Gasteiger partial charge in [0.05, 0.1) is 25.5 Å². The smallest absolute Gasteiger partial charge is 0.257 e. The van der Waals surface area contributed by atoms with E-state index in [1.54, 1.807) is 30.5 Å². The first-order chi connectivity index (χ1) is 15.6. The fourth-order valence-corrected chi connectivity index (χ4v) is 3.76. The normalized spacial score (nSPS) is 15.4. The summed E-state index contributed by atoms with van der Waals surface area (Å²) < 4.78 is 5.43. The molecule has 1 saturated heterocycles. The number of hydrazone groups is 1. The van der Waals surface area contributed by atoms with Gasteiger partial charge in [-0.3, -0.25) is 14.5 Å². The summed E-state index contributed by atoms with van der Waals surface area (Å²) in [6.07, 6.45) is 3.86. The number of nitrogens with zero attached hydrogens (tertiary/aromatic N) is 2. The first-order valence-electron chi connectivity index (χ1n) is 10.9. The quantitative estimate of drug-likeness (QED) is 0.327. The average molecular weight is 457 g/mol. The second-order valence-corrected chi connectivity index (χ2v) is 8.01. The molecular formula is C24H29ClN4O3. The van der Waals surface area contributed by atoms with Gasteiger partial charge < -0.3 is 10.1 Å². The molecule has 3 rings (SSSR count). The molecule has 1 heterocycles. The van der Waals surface area contributed by atoms with Crippen LogP contribution in [-0.4, -0.2) is 61.8 Å². The van der Waals surface area contributed by atoms with Gasteiger partial charge in [0.15, 0.2) is 0 Å². The second kappa shape index (κ2) is 13.0. The summed E-state index contributed by atoms with van der Waals surface area (Å²) in [6, 6.07) is 16.1. The molecule has 0 radical (unpaired) electrons. The van der Waals surface area contributed by atoms with Gasteiger partial charge in [-0.2, -0.15) is 5.10 Å². The molecule has 0 bridgehead atoms. The van der Waals surface area contributed by atoms with Crippen LogP contribution in [0.5, 0.6) is 0 Å². The Bertz CT molecular complexity index is 901. The summed E-state index contributed by atoms with van der Waals surface area (Å²) in [5.74, 6) is -0.220. The predicted octanol–water partition coefficient (Wildman–Crippen LogP) is 3.09. The van der Waals surface area contributed by atoms with Gasteiger partial charge in [0, 0.05) is 30.2 Å². The number of ether oxygens (including phenoxy) is 1. The molecule has 170 valence electrons. The van der Waals surface area contributed by atoms with Gasteiger partial charge in [-0.05, 0) is 49.1 Å². The summed E-state index contributed by atoms with van der Waals surface area (Å²) in [7, 11) is 0. The Balaban J connectivity index is 1.47. The number of hydrogen-bond acceptors (Lipinski definition) is 5. The van der Waals surface area contributed by atoms with E-state index in [0.29, 0.717) is 49.9 Å². The minimum Gasteiger partial charge on any atom is -0.379 e. The van der Waals surface area contributed by atoms with Gasteiger partial charge in [-0.15, -0.1) is 0 Å². The van der Waals surface area contributed by atoms with E-state index in [4.69, 9.17) is 16.3 Å². The Hall–Kier alpha value is -2.74. The van der Waals surface area contributed by atoms with Crippen LogP contribution in [0.1, 0.15) is 35.2 Å². The Labute approximate surface area is 193 Å². The van der Waals surface area contributed by atoms with Crippen molar-refractivity contribution < 1.29 is 14.3 Å². The highest BCUT2D eigenvalue weighted by Gasteiger charge is 2.26. The molecule has 2 aromatic carbocycles. The van der Waals surface area contributed by atoms with Crippen molar-refractivity contribution in [3.05, 3.63) is 70.7 Å². The fourth-order valence-electron chi connectivity index (χ4n) is 3.56. The predicted molar refractivity (Wildman–Crippen MR) is 126 cm³/mol. The zero-order valence-corrected chi connectivity index (χ0v) is 18.8. The van der Waals surface area contributed by atoms with Crippen molar-refractivity contribution in [3.8, 4) is 0 Å². The Morgan fingerprint density at radius 2 is 1.88 bits per heavy atom. The van der Waals surface area contributed by atoms with Gasteiger partial charge in [0.1, 0.15) is 0 Å². The maximum Gasteiger partial charge on any atom is 0.257 e. The molecule has 1 aliphatic rings. The lowest BCUT2D eigenvalue weighted by atomic mass is 10.1. The monoisotopic (exact) mass is 456 g/mol. The lowest BCUT2D eigenvalue weighted by molar-refractivity contribution is -0.128. The highest BCUT2D eigenvalue weighted by Crippen LogP contribution is 2.12. The minimum atomic E-state index is -0.291. The number of amides is 2. The number of hydrogen-bond donors (Lipinski definition) is 2. The number of benzene rings is 2. The lowest BCUT2D eigenvalue weighted by Gasteiger charge is -2.33. The van der Waals surface area contributed by atoms with Gasteiger partial charge in [-0.1, -0.05) is 41.9 Å². The number of carbonyl (C=O) groups is 2. The van der Waals surface area contributed by atoms with E-state index in [9.17, 15) is 9.59 Å². The van der Waals surface area contributed by atoms with Crippen LogP contribution in [0.3, 0.4) is 0 Å². The van der Waals surface area contributed by atoms with Crippen LogP contribution in [-0.2, 0) is 9.53 Å². The molecule has 0 saturated carbocycles. The molecule has 0 aliphatic carbocycles. The standard InChI is InChI=1S/C24H29ClN4O3/c25-21-10-6-7-19(17-21)18-27-28-24(31)22(29-13-15-32-16-14-29)11-4-5-12-26-23(30)20-8-2-1-3-9-20/h1-3,6-10,17-18,22H,4-5,11-16H2,(H,26,30)(H,28,31)/b27-18+. The molecule has 2 aromatic rings. The highest BCUT2D eigenvalue weighted by molar-refractivity contribution is 6.30. The van der Waals surface area contributed by atoms with Crippen molar-refractivity contribution in [2.45, 2.75) is 25.3 Å². The SMILES string of the molecule is O=C(NCCCCC(C(=O)N/N=C/c1cccc(Cl)c1)N1CCOCC1)c1ccccc1. The van der Waals surface area contributed by atoms with E-state index >= 15 is 0 Å². The average Bonchev–Trinajstić information content (AvgIpc) is 2.82. The van der Waals surface area contributed by atoms with Crippen molar-refractivity contribution in [1.82, 2.24) is 15.6 Å². The number of rotatable bonds is 10. The van der Waals surface area contributed by atoms with E-state index in [1.165, 1.54) is 0 Å². The summed E-state index contributed by atoms with van der Waals surface area (Å²) >= 11 is 5.98. The van der Waals surface area contributed by atoms with Gasteiger partial charge in [0.25, 0.3) is 11.8 Å². The van der Waals surface area contributed by atoms with Crippen molar-refractivity contribution in [1.29, 1.82) is 0 Å². The maximum atomic E-state index is 12.9. The molecule has 1 unspecified atom stereocenters. The number of nitrogens with one attached hydrogen (secondary N) is 2. The van der Waals surface area contributed by atoms with Crippen LogP contribution in [0, 0.1) is 0 Å². The molecule has 1 fully saturated rings. The number of morpholine rings is 1. The third-order valence-corrected chi connectivity index (χ3v) is 5.49. The summed E-state index contributed by atoms with van der Waals surface area (Å²) in [6.45, 7) is 3.21. The first kappa shape index (κ1) is 23.9. The third kappa shape index (κ3) is 7.75. The second-order valence-electron chi connectivity index (χ2n) is 7.57. The Kier molecular flexibility index (Phi) is 9.68. The molecule has 1 aliphatic heterocycles. The van der Waals surface area contributed by atoms with E-state index in [-0.39, 0.29) is 17.9 Å². The molecule has 32 heavy (non-hydrogen) atoms. The maximum absolute atomic E-state index is 12.9. The molecular weight excluding hydrogens is 428 g/mol. The third-order valence-electron chi connectivity index (χ3n) is 5.25. The van der Waals surface area contributed by atoms with Crippen LogP contribution >= 0.6 is 11.6 Å². The van der Waals surface area contributed by atoms with E-state index in [1.807, 2.05) is 30.3 Å². The topological polar surface area (TPSA) is 83.0 Å².